The molecule has 2 aromatic rings. The minimum atomic E-state index is -2.76. The highest BCUT2D eigenvalue weighted by atomic mass is 32.2. The Balaban J connectivity index is 1.75. The number of alkyl halides is 2. The summed E-state index contributed by atoms with van der Waals surface area (Å²) in [4.78, 5) is 8.22. The molecule has 1 saturated heterocycles. The number of amidine groups is 1. The van der Waals surface area contributed by atoms with Crippen LogP contribution in [-0.2, 0) is 10.3 Å². The third-order valence-electron chi connectivity index (χ3n) is 5.36. The van der Waals surface area contributed by atoms with E-state index in [9.17, 15) is 17.6 Å². The molecule has 4 rings (SSSR count). The number of pyridine rings is 1. The Morgan fingerprint density at radius 2 is 2.16 bits per heavy atom. The zero-order valence-corrected chi connectivity index (χ0v) is 16.8. The number of nitrogens with two attached hydrogens (primary N) is 1. The van der Waals surface area contributed by atoms with Gasteiger partial charge in [-0.2, -0.15) is 5.26 Å². The van der Waals surface area contributed by atoms with Gasteiger partial charge in [0.1, 0.15) is 29.4 Å². The van der Waals surface area contributed by atoms with Crippen LogP contribution in [0.25, 0.3) is 11.9 Å². The Hall–Kier alpha value is -2.90. The maximum Gasteiger partial charge on any atom is 0.264 e. The fourth-order valence-corrected chi connectivity index (χ4v) is 4.89. The number of benzene rings is 1. The lowest BCUT2D eigenvalue weighted by Crippen LogP contribution is -2.43. The predicted molar refractivity (Wildman–Crippen MR) is 109 cm³/mol. The molecular weight excluding hydrogens is 432 g/mol. The highest BCUT2D eigenvalue weighted by Gasteiger charge is 2.56. The summed E-state index contributed by atoms with van der Waals surface area (Å²) in [6, 6.07) is 8.53. The summed E-state index contributed by atoms with van der Waals surface area (Å²) in [6.45, 7) is -0.252. The molecule has 0 radical (unpaired) electrons. The van der Waals surface area contributed by atoms with Crippen LogP contribution in [0.15, 0.2) is 41.5 Å². The van der Waals surface area contributed by atoms with Crippen LogP contribution in [0.3, 0.4) is 0 Å². The quantitative estimate of drug-likeness (QED) is 0.712. The van der Waals surface area contributed by atoms with Crippen molar-refractivity contribution in [2.75, 3.05) is 12.4 Å². The van der Waals surface area contributed by atoms with Crippen LogP contribution in [0.2, 0.25) is 0 Å². The Morgan fingerprint density at radius 1 is 1.35 bits per heavy atom. The number of nitrogens with zero attached hydrogens (tertiary/aromatic N) is 3. The Labute approximate surface area is 179 Å². The first-order chi connectivity index (χ1) is 14.8. The van der Waals surface area contributed by atoms with E-state index in [-0.39, 0.29) is 34.3 Å². The molecule has 0 unspecified atom stereocenters. The molecule has 10 heteroatoms. The second-order valence-electron chi connectivity index (χ2n) is 7.18. The molecule has 1 fully saturated rings. The molecule has 0 amide bonds. The lowest BCUT2D eigenvalue weighted by Gasteiger charge is -2.35. The van der Waals surface area contributed by atoms with E-state index in [1.807, 2.05) is 6.07 Å². The van der Waals surface area contributed by atoms with Crippen molar-refractivity contribution in [3.8, 4) is 6.07 Å². The van der Waals surface area contributed by atoms with E-state index in [0.717, 1.165) is 23.9 Å². The molecule has 0 aliphatic carbocycles. The monoisotopic (exact) mass is 448 g/mol. The maximum atomic E-state index is 14.9. The third-order valence-corrected chi connectivity index (χ3v) is 6.27. The molecule has 31 heavy (non-hydrogen) atoms. The van der Waals surface area contributed by atoms with Gasteiger partial charge in [0.05, 0.1) is 17.9 Å². The molecule has 160 valence electrons. The minimum absolute atomic E-state index is 0.000731. The van der Waals surface area contributed by atoms with Crippen molar-refractivity contribution in [2.24, 2.45) is 16.6 Å². The molecule has 2 N–H and O–H groups in total. The summed E-state index contributed by atoms with van der Waals surface area (Å²) in [6.07, 6.45) is -1.77. The van der Waals surface area contributed by atoms with Gasteiger partial charge in [-0.15, -0.1) is 0 Å². The molecule has 1 aromatic heterocycles. The fourth-order valence-electron chi connectivity index (χ4n) is 3.84. The van der Waals surface area contributed by atoms with Gasteiger partial charge in [-0.25, -0.2) is 22.6 Å². The SMILES string of the molecule is N#Cc1ccc(/C(F)=C/c2ccc(F)c([C@@]34CO[C@@H](C(F)F)[C@@H]3CSC(N)=N4)c2)nc1. The number of halogens is 4. The summed E-state index contributed by atoms with van der Waals surface area (Å²) in [5, 5.41) is 8.97. The summed E-state index contributed by atoms with van der Waals surface area (Å²) in [5.41, 5.74) is 5.04. The van der Waals surface area contributed by atoms with Gasteiger partial charge in [0.2, 0.25) is 0 Å². The largest absolute Gasteiger partial charge is 0.379 e. The average molecular weight is 448 g/mol. The van der Waals surface area contributed by atoms with E-state index in [1.54, 1.807) is 0 Å². The van der Waals surface area contributed by atoms with E-state index in [4.69, 9.17) is 15.7 Å². The van der Waals surface area contributed by atoms with Crippen LogP contribution in [0, 0.1) is 23.1 Å². The van der Waals surface area contributed by atoms with Crippen molar-refractivity contribution < 1.29 is 22.3 Å². The van der Waals surface area contributed by atoms with Gasteiger partial charge in [-0.05, 0) is 35.9 Å². The van der Waals surface area contributed by atoms with Crippen LogP contribution in [0.4, 0.5) is 17.6 Å². The number of hydrogen-bond donors (Lipinski definition) is 1. The molecular formula is C21H16F4N4OS. The summed E-state index contributed by atoms with van der Waals surface area (Å²) >= 11 is 1.12. The number of aliphatic imine (C=N–C) groups is 1. The number of rotatable bonds is 4. The Kier molecular flexibility index (Phi) is 5.73. The molecule has 0 saturated carbocycles. The molecule has 0 bridgehead atoms. The van der Waals surface area contributed by atoms with E-state index in [2.05, 4.69) is 9.98 Å². The van der Waals surface area contributed by atoms with Gasteiger partial charge in [0, 0.05) is 23.4 Å². The second kappa shape index (κ2) is 8.32. The molecule has 2 aliphatic heterocycles. The van der Waals surface area contributed by atoms with E-state index >= 15 is 0 Å². The topological polar surface area (TPSA) is 84.3 Å². The molecule has 3 heterocycles. The first kappa shape index (κ1) is 21.3. The fraction of sp³-hybridized carbons (Fsp3) is 0.286. The van der Waals surface area contributed by atoms with Gasteiger partial charge in [0.25, 0.3) is 6.43 Å². The van der Waals surface area contributed by atoms with Gasteiger partial charge in [-0.1, -0.05) is 17.8 Å². The highest BCUT2D eigenvalue weighted by molar-refractivity contribution is 8.13. The smallest absolute Gasteiger partial charge is 0.264 e. The first-order valence-electron chi connectivity index (χ1n) is 9.25. The number of ether oxygens (including phenoxy) is 1. The van der Waals surface area contributed by atoms with Crippen molar-refractivity contribution in [1.29, 1.82) is 5.26 Å². The molecule has 1 aromatic carbocycles. The standard InChI is InChI=1S/C21H16F4N4OS/c22-15-3-1-11(6-16(23)17-4-2-12(7-26)8-28-17)5-13(15)21-10-30-18(19(24)25)14(21)9-31-20(27)29-21/h1-6,8,14,18-19H,9-10H2,(H2,27,29)/b16-6-/t14-,18+,21-/m0/s1. The zero-order valence-electron chi connectivity index (χ0n) is 15.9. The highest BCUT2D eigenvalue weighted by Crippen LogP contribution is 2.49. The molecule has 2 aliphatic rings. The molecule has 3 atom stereocenters. The summed E-state index contributed by atoms with van der Waals surface area (Å²) in [7, 11) is 0. The first-order valence-corrected chi connectivity index (χ1v) is 10.2. The van der Waals surface area contributed by atoms with Crippen LogP contribution < -0.4 is 5.73 Å². The normalized spacial score (nSPS) is 25.8. The van der Waals surface area contributed by atoms with Gasteiger partial charge in [0.15, 0.2) is 5.17 Å². The maximum absolute atomic E-state index is 14.9. The van der Waals surface area contributed by atoms with Crippen LogP contribution in [-0.4, -0.2) is 35.0 Å². The van der Waals surface area contributed by atoms with Crippen molar-refractivity contribution in [3.05, 3.63) is 64.7 Å². The number of nitriles is 1. The third kappa shape index (κ3) is 3.91. The number of thioether (sulfide) groups is 1. The second-order valence-corrected chi connectivity index (χ2v) is 8.22. The van der Waals surface area contributed by atoms with E-state index in [0.29, 0.717) is 5.56 Å². The molecule has 0 spiro atoms. The Bertz CT molecular complexity index is 1100. The summed E-state index contributed by atoms with van der Waals surface area (Å²) in [5.74, 6) is -1.95. The average Bonchev–Trinajstić information content (AvgIpc) is 3.14. The van der Waals surface area contributed by atoms with Gasteiger partial charge >= 0.3 is 0 Å². The van der Waals surface area contributed by atoms with Gasteiger partial charge in [-0.3, -0.25) is 4.98 Å². The van der Waals surface area contributed by atoms with Crippen molar-refractivity contribution in [3.63, 3.8) is 0 Å². The van der Waals surface area contributed by atoms with Crippen LogP contribution in [0.5, 0.6) is 0 Å². The van der Waals surface area contributed by atoms with Crippen molar-refractivity contribution >= 4 is 28.8 Å². The zero-order chi connectivity index (χ0) is 22.2. The summed E-state index contributed by atoms with van der Waals surface area (Å²) < 4.78 is 61.8. The van der Waals surface area contributed by atoms with Crippen molar-refractivity contribution in [2.45, 2.75) is 18.1 Å². The van der Waals surface area contributed by atoms with Gasteiger partial charge < -0.3 is 10.5 Å². The van der Waals surface area contributed by atoms with Crippen LogP contribution >= 0.6 is 11.8 Å². The number of aromatic nitrogens is 1. The molecule has 5 nitrogen and oxygen atoms in total. The number of fused-ring (bicyclic) bond motifs is 1. The lowest BCUT2D eigenvalue weighted by atomic mass is 9.78. The van der Waals surface area contributed by atoms with E-state index in [1.165, 1.54) is 30.5 Å². The lowest BCUT2D eigenvalue weighted by molar-refractivity contribution is -0.0359. The van der Waals surface area contributed by atoms with E-state index < -0.39 is 35.6 Å². The number of hydrogen-bond acceptors (Lipinski definition) is 6. The van der Waals surface area contributed by atoms with Crippen molar-refractivity contribution in [1.82, 2.24) is 4.98 Å². The Morgan fingerprint density at radius 3 is 2.84 bits per heavy atom. The van der Waals surface area contributed by atoms with Crippen LogP contribution in [0.1, 0.15) is 22.4 Å². The predicted octanol–water partition coefficient (Wildman–Crippen LogP) is 4.10. The minimum Gasteiger partial charge on any atom is -0.379 e.